The number of rotatable bonds is 5. The zero-order valence-corrected chi connectivity index (χ0v) is 11.4. The van der Waals surface area contributed by atoms with Crippen LogP contribution in [0.1, 0.15) is 39.5 Å². The van der Waals surface area contributed by atoms with Gasteiger partial charge in [0.05, 0.1) is 11.7 Å². The number of ether oxygens (including phenoxy) is 1. The van der Waals surface area contributed by atoms with Gasteiger partial charge in [-0.15, -0.1) is 0 Å². The molecular formula is C13H21NO5. The van der Waals surface area contributed by atoms with Crippen molar-refractivity contribution in [3.8, 4) is 0 Å². The molecule has 2 N–H and O–H groups in total. The van der Waals surface area contributed by atoms with Crippen molar-refractivity contribution in [3.05, 3.63) is 0 Å². The molecule has 108 valence electrons. The van der Waals surface area contributed by atoms with Gasteiger partial charge in [-0.25, -0.2) is 9.59 Å². The quantitative estimate of drug-likeness (QED) is 0.724. The van der Waals surface area contributed by atoms with Crippen molar-refractivity contribution in [2.24, 2.45) is 0 Å². The Balaban J connectivity index is 2.34. The Kier molecular flexibility index (Phi) is 3.57. The van der Waals surface area contributed by atoms with Gasteiger partial charge in [0.2, 0.25) is 5.54 Å². The molecule has 0 radical (unpaired) electrons. The second-order valence-electron chi connectivity index (χ2n) is 5.52. The summed E-state index contributed by atoms with van der Waals surface area (Å²) in [6, 6.07) is 0. The van der Waals surface area contributed by atoms with Crippen LogP contribution in [0, 0.1) is 0 Å². The molecule has 2 heterocycles. The van der Waals surface area contributed by atoms with Crippen molar-refractivity contribution < 1.29 is 24.5 Å². The number of likely N-dealkylation sites (tertiary alicyclic amines) is 1. The SMILES string of the molecule is CCC12CCC(CN(C(CC)(C(=O)O)C(=O)O)C1)O2. The predicted molar refractivity (Wildman–Crippen MR) is 67.0 cm³/mol. The highest BCUT2D eigenvalue weighted by atomic mass is 16.5. The molecule has 0 aromatic rings. The Morgan fingerprint density at radius 2 is 2.00 bits per heavy atom. The lowest BCUT2D eigenvalue weighted by Gasteiger charge is -2.46. The molecule has 6 heteroatoms. The molecule has 0 aromatic carbocycles. The van der Waals surface area contributed by atoms with E-state index >= 15 is 0 Å². The van der Waals surface area contributed by atoms with Crippen LogP contribution in [-0.2, 0) is 14.3 Å². The zero-order chi connectivity index (χ0) is 14.3. The molecule has 2 bridgehead atoms. The Hall–Kier alpha value is -1.14. The van der Waals surface area contributed by atoms with Gasteiger partial charge in [-0.3, -0.25) is 4.90 Å². The number of hydrogen-bond donors (Lipinski definition) is 2. The Morgan fingerprint density at radius 3 is 2.47 bits per heavy atom. The molecule has 2 fully saturated rings. The molecule has 2 rings (SSSR count). The number of morpholine rings is 1. The van der Waals surface area contributed by atoms with E-state index < -0.39 is 17.5 Å². The molecular weight excluding hydrogens is 250 g/mol. The van der Waals surface area contributed by atoms with Gasteiger partial charge < -0.3 is 14.9 Å². The largest absolute Gasteiger partial charge is 0.479 e. The lowest BCUT2D eigenvalue weighted by atomic mass is 9.89. The van der Waals surface area contributed by atoms with Gasteiger partial charge in [0, 0.05) is 13.1 Å². The van der Waals surface area contributed by atoms with E-state index in [2.05, 4.69) is 0 Å². The number of carbonyl (C=O) groups is 2. The van der Waals surface area contributed by atoms with Gasteiger partial charge in [-0.05, 0) is 25.7 Å². The van der Waals surface area contributed by atoms with Crippen LogP contribution in [0.4, 0.5) is 0 Å². The van der Waals surface area contributed by atoms with Crippen LogP contribution in [0.3, 0.4) is 0 Å². The monoisotopic (exact) mass is 271 g/mol. The molecule has 2 aliphatic heterocycles. The predicted octanol–water partition coefficient (Wildman–Crippen LogP) is 0.948. The van der Waals surface area contributed by atoms with Gasteiger partial charge in [-0.2, -0.15) is 0 Å². The normalized spacial score (nSPS) is 31.4. The van der Waals surface area contributed by atoms with Crippen LogP contribution >= 0.6 is 0 Å². The Bertz CT molecular complexity index is 382. The molecule has 0 aromatic heterocycles. The summed E-state index contributed by atoms with van der Waals surface area (Å²) in [5, 5.41) is 18.9. The highest BCUT2D eigenvalue weighted by molar-refractivity contribution is 6.03. The van der Waals surface area contributed by atoms with Crippen LogP contribution < -0.4 is 0 Å². The highest BCUT2D eigenvalue weighted by Crippen LogP contribution is 2.41. The van der Waals surface area contributed by atoms with Crippen molar-refractivity contribution in [3.63, 3.8) is 0 Å². The van der Waals surface area contributed by atoms with Crippen molar-refractivity contribution in [2.45, 2.75) is 56.8 Å². The number of fused-ring (bicyclic) bond motifs is 2. The average Bonchev–Trinajstić information content (AvgIpc) is 2.66. The zero-order valence-electron chi connectivity index (χ0n) is 11.4. The molecule has 0 amide bonds. The summed E-state index contributed by atoms with van der Waals surface area (Å²) in [7, 11) is 0. The van der Waals surface area contributed by atoms with E-state index in [1.165, 1.54) is 0 Å². The highest BCUT2D eigenvalue weighted by Gasteiger charge is 2.56. The summed E-state index contributed by atoms with van der Waals surface area (Å²) in [6.07, 6.45) is 2.54. The van der Waals surface area contributed by atoms with Crippen LogP contribution in [-0.4, -0.2) is 57.4 Å². The van der Waals surface area contributed by atoms with Gasteiger partial charge in [0.15, 0.2) is 0 Å². The first-order valence-electron chi connectivity index (χ1n) is 6.80. The lowest BCUT2D eigenvalue weighted by Crippen LogP contribution is -2.66. The van der Waals surface area contributed by atoms with Crippen molar-refractivity contribution in [2.75, 3.05) is 13.1 Å². The fourth-order valence-electron chi connectivity index (χ4n) is 3.35. The topological polar surface area (TPSA) is 87.1 Å². The maximum atomic E-state index is 11.6. The minimum absolute atomic E-state index is 0.0432. The van der Waals surface area contributed by atoms with E-state index in [9.17, 15) is 19.8 Å². The maximum absolute atomic E-state index is 11.6. The summed E-state index contributed by atoms with van der Waals surface area (Å²) in [5.41, 5.74) is -2.19. The van der Waals surface area contributed by atoms with Crippen molar-refractivity contribution in [1.82, 2.24) is 4.90 Å². The third kappa shape index (κ3) is 2.03. The average molecular weight is 271 g/mol. The summed E-state index contributed by atoms with van der Waals surface area (Å²) in [5.74, 6) is -2.56. The third-order valence-corrected chi connectivity index (χ3v) is 4.65. The first kappa shape index (κ1) is 14.3. The van der Waals surface area contributed by atoms with Gasteiger partial charge in [0.1, 0.15) is 0 Å². The van der Waals surface area contributed by atoms with Crippen molar-refractivity contribution >= 4 is 11.9 Å². The minimum Gasteiger partial charge on any atom is -0.479 e. The standard InChI is InChI=1S/C13H21NO5/c1-3-12-6-5-9(19-12)7-14(8-12)13(4-2,10(15)16)11(17)18/h9H,3-8H2,1-2H3,(H,15,16)(H,17,18). The molecule has 6 nitrogen and oxygen atoms in total. The van der Waals surface area contributed by atoms with E-state index in [1.54, 1.807) is 11.8 Å². The number of hydrogen-bond acceptors (Lipinski definition) is 4. The second kappa shape index (κ2) is 4.76. The van der Waals surface area contributed by atoms with E-state index in [0.717, 1.165) is 19.3 Å². The van der Waals surface area contributed by atoms with Crippen LogP contribution in [0.5, 0.6) is 0 Å². The fourth-order valence-corrected chi connectivity index (χ4v) is 3.35. The van der Waals surface area contributed by atoms with Crippen LogP contribution in [0.25, 0.3) is 0 Å². The molecule has 0 aliphatic carbocycles. The van der Waals surface area contributed by atoms with E-state index in [1.807, 2.05) is 6.92 Å². The Labute approximate surface area is 112 Å². The van der Waals surface area contributed by atoms with Gasteiger partial charge in [-0.1, -0.05) is 13.8 Å². The minimum atomic E-state index is -1.83. The first-order valence-corrected chi connectivity index (χ1v) is 6.80. The second-order valence-corrected chi connectivity index (χ2v) is 5.52. The van der Waals surface area contributed by atoms with Gasteiger partial charge in [0.25, 0.3) is 0 Å². The smallest absolute Gasteiger partial charge is 0.335 e. The van der Waals surface area contributed by atoms with Crippen molar-refractivity contribution in [1.29, 1.82) is 0 Å². The maximum Gasteiger partial charge on any atom is 0.335 e. The number of aliphatic carboxylic acids is 2. The van der Waals surface area contributed by atoms with Gasteiger partial charge >= 0.3 is 11.9 Å². The number of carboxylic acid groups (broad SMARTS) is 2. The lowest BCUT2D eigenvalue weighted by molar-refractivity contribution is -0.183. The molecule has 2 saturated heterocycles. The molecule has 19 heavy (non-hydrogen) atoms. The fraction of sp³-hybridized carbons (Fsp3) is 0.846. The number of nitrogens with zero attached hydrogens (tertiary/aromatic N) is 1. The number of carboxylic acids is 2. The molecule has 2 unspecified atom stereocenters. The summed E-state index contributed by atoms with van der Waals surface area (Å²) in [4.78, 5) is 24.7. The summed E-state index contributed by atoms with van der Waals surface area (Å²) >= 11 is 0. The Morgan fingerprint density at radius 1 is 1.37 bits per heavy atom. The van der Waals surface area contributed by atoms with E-state index in [0.29, 0.717) is 13.1 Å². The summed E-state index contributed by atoms with van der Waals surface area (Å²) < 4.78 is 5.94. The summed E-state index contributed by atoms with van der Waals surface area (Å²) in [6.45, 7) is 4.37. The molecule has 0 saturated carbocycles. The van der Waals surface area contributed by atoms with Crippen LogP contribution in [0.2, 0.25) is 0 Å². The first-order chi connectivity index (χ1) is 8.90. The van der Waals surface area contributed by atoms with E-state index in [4.69, 9.17) is 4.74 Å². The molecule has 2 aliphatic rings. The third-order valence-electron chi connectivity index (χ3n) is 4.65. The van der Waals surface area contributed by atoms with Crippen LogP contribution in [0.15, 0.2) is 0 Å². The molecule has 0 spiro atoms. The molecule has 2 atom stereocenters. The van der Waals surface area contributed by atoms with E-state index in [-0.39, 0.29) is 18.1 Å².